The first-order valence-corrected chi connectivity index (χ1v) is 9.34. The first-order valence-electron chi connectivity index (χ1n) is 9.34. The highest BCUT2D eigenvalue weighted by molar-refractivity contribution is 5.78. The maximum absolute atomic E-state index is 6.45. The fourth-order valence-electron chi connectivity index (χ4n) is 3.94. The summed E-state index contributed by atoms with van der Waals surface area (Å²) >= 11 is 0. The van der Waals surface area contributed by atoms with Gasteiger partial charge in [0.1, 0.15) is 11.9 Å². The quantitative estimate of drug-likeness (QED) is 0.598. The van der Waals surface area contributed by atoms with E-state index in [4.69, 9.17) is 4.74 Å². The highest BCUT2D eigenvalue weighted by Crippen LogP contribution is 2.40. The molecule has 2 nitrogen and oxygen atoms in total. The zero-order valence-corrected chi connectivity index (χ0v) is 15.2. The largest absolute Gasteiger partial charge is 0.482 e. The van der Waals surface area contributed by atoms with Crippen molar-refractivity contribution in [3.8, 4) is 16.9 Å². The molecule has 1 heterocycles. The second kappa shape index (κ2) is 6.48. The van der Waals surface area contributed by atoms with Crippen LogP contribution in [0.25, 0.3) is 16.7 Å². The standard InChI is InChI=1S/C25H21NO/c1-26-22-14-12-20(18-8-4-2-5-9-18)16-24(22)27-25-17-21(13-15-23(25)26)19-10-6-3-7-11-19/h2-17,22,24H,1H3. The van der Waals surface area contributed by atoms with E-state index in [2.05, 4.69) is 96.9 Å². The molecule has 2 heteroatoms. The van der Waals surface area contributed by atoms with Crippen LogP contribution >= 0.6 is 0 Å². The zero-order valence-electron chi connectivity index (χ0n) is 15.2. The lowest BCUT2D eigenvalue weighted by Crippen LogP contribution is -2.46. The maximum Gasteiger partial charge on any atom is 0.144 e. The molecule has 0 spiro atoms. The van der Waals surface area contributed by atoms with E-state index >= 15 is 0 Å². The highest BCUT2D eigenvalue weighted by atomic mass is 16.5. The average molecular weight is 351 g/mol. The Balaban J connectivity index is 1.51. The van der Waals surface area contributed by atoms with Gasteiger partial charge < -0.3 is 9.64 Å². The molecule has 0 bridgehead atoms. The summed E-state index contributed by atoms with van der Waals surface area (Å²) in [5, 5.41) is 0. The third kappa shape index (κ3) is 2.83. The molecule has 0 N–H and O–H groups in total. The van der Waals surface area contributed by atoms with Crippen LogP contribution in [0.5, 0.6) is 5.75 Å². The molecule has 0 amide bonds. The molecule has 0 saturated carbocycles. The molecule has 27 heavy (non-hydrogen) atoms. The number of hydrogen-bond acceptors (Lipinski definition) is 2. The summed E-state index contributed by atoms with van der Waals surface area (Å²) in [4.78, 5) is 2.31. The predicted molar refractivity (Wildman–Crippen MR) is 112 cm³/mol. The molecule has 2 aliphatic rings. The maximum atomic E-state index is 6.45. The number of benzene rings is 3. The van der Waals surface area contributed by atoms with Gasteiger partial charge in [0, 0.05) is 7.05 Å². The second-order valence-electron chi connectivity index (χ2n) is 7.08. The van der Waals surface area contributed by atoms with Crippen LogP contribution in [0.3, 0.4) is 0 Å². The van der Waals surface area contributed by atoms with E-state index < -0.39 is 0 Å². The number of hydrogen-bond donors (Lipinski definition) is 0. The topological polar surface area (TPSA) is 12.5 Å². The van der Waals surface area contributed by atoms with Crippen molar-refractivity contribution < 1.29 is 4.74 Å². The fourth-order valence-corrected chi connectivity index (χ4v) is 3.94. The van der Waals surface area contributed by atoms with Crippen LogP contribution in [0.1, 0.15) is 5.56 Å². The Morgan fingerprint density at radius 1 is 0.778 bits per heavy atom. The second-order valence-corrected chi connectivity index (χ2v) is 7.08. The number of anilines is 1. The van der Waals surface area contributed by atoms with Gasteiger partial charge in [0.25, 0.3) is 0 Å². The summed E-state index contributed by atoms with van der Waals surface area (Å²) in [6, 6.07) is 27.6. The monoisotopic (exact) mass is 351 g/mol. The molecule has 0 radical (unpaired) electrons. The number of fused-ring (bicyclic) bond motifs is 2. The minimum absolute atomic E-state index is 0.00808. The SMILES string of the molecule is CN1c2ccc(-c3ccccc3)cc2OC2C=C(c3ccccc3)C=CC21. The number of rotatable bonds is 2. The lowest BCUT2D eigenvalue weighted by atomic mass is 9.92. The van der Waals surface area contributed by atoms with Crippen LogP contribution in [0.4, 0.5) is 5.69 Å². The highest BCUT2D eigenvalue weighted by Gasteiger charge is 2.33. The van der Waals surface area contributed by atoms with Gasteiger partial charge in [-0.15, -0.1) is 0 Å². The van der Waals surface area contributed by atoms with Crippen molar-refractivity contribution in [2.45, 2.75) is 12.1 Å². The molecule has 5 rings (SSSR count). The summed E-state index contributed by atoms with van der Waals surface area (Å²) in [6.45, 7) is 0. The summed E-state index contributed by atoms with van der Waals surface area (Å²) in [6.07, 6.45) is 6.71. The minimum Gasteiger partial charge on any atom is -0.482 e. The minimum atomic E-state index is 0.00808. The summed E-state index contributed by atoms with van der Waals surface area (Å²) in [7, 11) is 2.15. The molecular formula is C25H21NO. The summed E-state index contributed by atoms with van der Waals surface area (Å²) in [5.74, 6) is 0.944. The van der Waals surface area contributed by atoms with Crippen LogP contribution < -0.4 is 9.64 Å². The van der Waals surface area contributed by atoms with Gasteiger partial charge in [0.15, 0.2) is 0 Å². The first kappa shape index (κ1) is 16.0. The lowest BCUT2D eigenvalue weighted by Gasteiger charge is -2.41. The van der Waals surface area contributed by atoms with Crippen molar-refractivity contribution in [2.24, 2.45) is 0 Å². The van der Waals surface area contributed by atoms with Gasteiger partial charge in [0.05, 0.1) is 11.7 Å². The molecule has 0 fully saturated rings. The third-order valence-electron chi connectivity index (χ3n) is 5.42. The molecule has 1 aliphatic carbocycles. The van der Waals surface area contributed by atoms with Gasteiger partial charge in [-0.05, 0) is 40.5 Å². The van der Waals surface area contributed by atoms with Crippen LogP contribution in [-0.2, 0) is 0 Å². The number of nitrogens with zero attached hydrogens (tertiary/aromatic N) is 1. The van der Waals surface area contributed by atoms with Gasteiger partial charge in [-0.25, -0.2) is 0 Å². The zero-order chi connectivity index (χ0) is 18.2. The van der Waals surface area contributed by atoms with E-state index in [0.717, 1.165) is 11.4 Å². The van der Waals surface area contributed by atoms with Crippen LogP contribution in [0, 0.1) is 0 Å². The Kier molecular flexibility index (Phi) is 3.83. The van der Waals surface area contributed by atoms with Gasteiger partial charge >= 0.3 is 0 Å². The van der Waals surface area contributed by atoms with E-state index in [0.29, 0.717) is 0 Å². The normalized spacial score (nSPS) is 20.3. The van der Waals surface area contributed by atoms with E-state index in [-0.39, 0.29) is 12.1 Å². The van der Waals surface area contributed by atoms with Gasteiger partial charge in [-0.2, -0.15) is 0 Å². The Labute approximate surface area is 160 Å². The Morgan fingerprint density at radius 3 is 2.22 bits per heavy atom. The Bertz CT molecular complexity index is 1020. The molecule has 0 aromatic heterocycles. The van der Waals surface area contributed by atoms with Gasteiger partial charge in [-0.3, -0.25) is 0 Å². The average Bonchev–Trinajstić information content (AvgIpc) is 2.74. The number of allylic oxidation sites excluding steroid dienone is 2. The smallest absolute Gasteiger partial charge is 0.144 e. The van der Waals surface area contributed by atoms with Crippen molar-refractivity contribution in [2.75, 3.05) is 11.9 Å². The molecular weight excluding hydrogens is 330 g/mol. The van der Waals surface area contributed by atoms with Crippen LogP contribution in [0.15, 0.2) is 97.1 Å². The van der Waals surface area contributed by atoms with E-state index in [1.165, 1.54) is 22.3 Å². The first-order chi connectivity index (χ1) is 13.3. The van der Waals surface area contributed by atoms with Gasteiger partial charge in [0.2, 0.25) is 0 Å². The van der Waals surface area contributed by atoms with Crippen molar-refractivity contribution in [1.29, 1.82) is 0 Å². The summed E-state index contributed by atoms with van der Waals surface area (Å²) in [5.41, 5.74) is 5.96. The molecule has 3 aromatic carbocycles. The van der Waals surface area contributed by atoms with Crippen molar-refractivity contribution in [1.82, 2.24) is 0 Å². The van der Waals surface area contributed by atoms with Crippen LogP contribution in [0.2, 0.25) is 0 Å². The molecule has 3 aromatic rings. The van der Waals surface area contributed by atoms with Crippen molar-refractivity contribution >= 4 is 11.3 Å². The van der Waals surface area contributed by atoms with E-state index in [1.807, 2.05) is 12.1 Å². The third-order valence-corrected chi connectivity index (χ3v) is 5.42. The van der Waals surface area contributed by atoms with Crippen molar-refractivity contribution in [3.63, 3.8) is 0 Å². The Morgan fingerprint density at radius 2 is 1.48 bits per heavy atom. The lowest BCUT2D eigenvalue weighted by molar-refractivity contribution is 0.216. The van der Waals surface area contributed by atoms with Crippen molar-refractivity contribution in [3.05, 3.63) is 103 Å². The Hall–Kier alpha value is -3.26. The number of ether oxygens (including phenoxy) is 1. The molecule has 0 saturated heterocycles. The summed E-state index contributed by atoms with van der Waals surface area (Å²) < 4.78 is 6.45. The van der Waals surface area contributed by atoms with E-state index in [9.17, 15) is 0 Å². The molecule has 132 valence electrons. The predicted octanol–water partition coefficient (Wildman–Crippen LogP) is 5.57. The molecule has 2 unspecified atom stereocenters. The fraction of sp³-hybridized carbons (Fsp3) is 0.120. The van der Waals surface area contributed by atoms with Crippen LogP contribution in [-0.4, -0.2) is 19.2 Å². The number of likely N-dealkylation sites (N-methyl/N-ethyl adjacent to an activating group) is 1. The van der Waals surface area contributed by atoms with E-state index in [1.54, 1.807) is 0 Å². The molecule has 1 aliphatic heterocycles. The molecule has 2 atom stereocenters. The van der Waals surface area contributed by atoms with Gasteiger partial charge in [-0.1, -0.05) is 78.9 Å².